The van der Waals surface area contributed by atoms with Crippen molar-refractivity contribution in [1.82, 2.24) is 10.6 Å². The van der Waals surface area contributed by atoms with Crippen molar-refractivity contribution in [2.75, 3.05) is 0 Å². The minimum atomic E-state index is -0.250. The van der Waals surface area contributed by atoms with Gasteiger partial charge in [0.05, 0.1) is 0 Å². The molecule has 0 bridgehead atoms. The van der Waals surface area contributed by atoms with Gasteiger partial charge in [-0.05, 0) is 57.3 Å². The lowest BCUT2D eigenvalue weighted by atomic mass is 10.0. The van der Waals surface area contributed by atoms with Crippen molar-refractivity contribution >= 4 is 63.4 Å². The molecule has 0 unspecified atom stereocenters. The van der Waals surface area contributed by atoms with Crippen molar-refractivity contribution in [3.8, 4) is 0 Å². The van der Waals surface area contributed by atoms with Crippen LogP contribution in [0.15, 0.2) is 93.6 Å². The van der Waals surface area contributed by atoms with Crippen molar-refractivity contribution in [3.05, 3.63) is 116 Å². The third-order valence-corrected chi connectivity index (χ3v) is 10.0. The number of carbonyl (C=O) groups is 1. The molecule has 2 aliphatic rings. The first kappa shape index (κ1) is 21.8. The van der Waals surface area contributed by atoms with Gasteiger partial charge in [-0.1, -0.05) is 36.4 Å². The maximum Gasteiger partial charge on any atom is 0.322 e. The minimum absolute atomic E-state index is 0.250. The standard InChI is InChI=1S/C27H20N2OS4/c30-27(28-13-21-19-5-1-3-7-23(19)33-15-17-9-11-31-25(17)21)29-14-22-20-6-2-4-8-24(20)34-16-18-10-12-32-26(18)22/h1-14H,15-16H2,(H2,28,29,30)/b21-13+,22-14+. The Morgan fingerprint density at radius 2 is 1.15 bits per heavy atom. The van der Waals surface area contributed by atoms with Crippen molar-refractivity contribution in [2.24, 2.45) is 0 Å². The van der Waals surface area contributed by atoms with Crippen LogP contribution in [0.2, 0.25) is 0 Å². The number of thiophene rings is 2. The van der Waals surface area contributed by atoms with E-state index in [0.717, 1.165) is 33.8 Å². The average molecular weight is 517 g/mol. The monoisotopic (exact) mass is 516 g/mol. The van der Waals surface area contributed by atoms with Crippen LogP contribution >= 0.6 is 46.2 Å². The molecule has 2 N–H and O–H groups in total. The average Bonchev–Trinajstić information content (AvgIpc) is 3.47. The molecular formula is C27H20N2OS4. The third kappa shape index (κ3) is 4.14. The molecule has 0 atom stereocenters. The second-order valence-corrected chi connectivity index (χ2v) is 11.7. The molecule has 168 valence electrons. The predicted molar refractivity (Wildman–Crippen MR) is 146 cm³/mol. The first-order valence-corrected chi connectivity index (χ1v) is 14.6. The van der Waals surface area contributed by atoms with Crippen molar-refractivity contribution in [3.63, 3.8) is 0 Å². The molecule has 3 nitrogen and oxygen atoms in total. The fourth-order valence-electron chi connectivity index (χ4n) is 4.16. The Balaban J connectivity index is 1.30. The van der Waals surface area contributed by atoms with Crippen LogP contribution in [0, 0.1) is 0 Å². The zero-order chi connectivity index (χ0) is 22.9. The van der Waals surface area contributed by atoms with Crippen LogP contribution in [-0.2, 0) is 11.5 Å². The molecule has 0 saturated carbocycles. The topological polar surface area (TPSA) is 41.1 Å². The molecule has 6 rings (SSSR count). The molecule has 0 radical (unpaired) electrons. The smallest absolute Gasteiger partial charge is 0.314 e. The first-order valence-electron chi connectivity index (χ1n) is 10.8. The molecule has 0 aliphatic carbocycles. The number of rotatable bonds is 2. The molecule has 2 aromatic heterocycles. The number of carbonyl (C=O) groups excluding carboxylic acids is 1. The van der Waals surface area contributed by atoms with E-state index in [2.05, 4.69) is 82.1 Å². The Bertz CT molecular complexity index is 1340. The Hall–Kier alpha value is -2.71. The molecule has 34 heavy (non-hydrogen) atoms. The van der Waals surface area contributed by atoms with Crippen molar-refractivity contribution < 1.29 is 4.79 Å². The lowest BCUT2D eigenvalue weighted by Gasteiger charge is -2.11. The summed E-state index contributed by atoms with van der Waals surface area (Å²) in [7, 11) is 0. The second-order valence-electron chi connectivity index (χ2n) is 7.85. The molecule has 4 heterocycles. The highest BCUT2D eigenvalue weighted by atomic mass is 32.2. The number of fused-ring (bicyclic) bond motifs is 4. The number of hydrogen-bond donors (Lipinski definition) is 2. The summed E-state index contributed by atoms with van der Waals surface area (Å²) in [5.41, 5.74) is 7.05. The Morgan fingerprint density at radius 3 is 1.65 bits per heavy atom. The number of nitrogens with one attached hydrogen (secondary N) is 2. The van der Waals surface area contributed by atoms with Crippen molar-refractivity contribution in [2.45, 2.75) is 21.3 Å². The first-order chi connectivity index (χ1) is 16.8. The minimum Gasteiger partial charge on any atom is -0.314 e. The van der Waals surface area contributed by atoms with Gasteiger partial charge in [-0.3, -0.25) is 0 Å². The van der Waals surface area contributed by atoms with Gasteiger partial charge in [0.2, 0.25) is 0 Å². The van der Waals surface area contributed by atoms with Gasteiger partial charge in [-0.2, -0.15) is 0 Å². The molecule has 2 amide bonds. The zero-order valence-corrected chi connectivity index (χ0v) is 21.3. The summed E-state index contributed by atoms with van der Waals surface area (Å²) in [6, 6.07) is 20.9. The van der Waals surface area contributed by atoms with E-state index < -0.39 is 0 Å². The van der Waals surface area contributed by atoms with Gasteiger partial charge in [0, 0.05) is 54.6 Å². The lowest BCUT2D eigenvalue weighted by Crippen LogP contribution is -2.28. The van der Waals surface area contributed by atoms with Gasteiger partial charge in [0.15, 0.2) is 0 Å². The lowest BCUT2D eigenvalue weighted by molar-refractivity contribution is 0.247. The number of thioether (sulfide) groups is 2. The van der Waals surface area contributed by atoms with Gasteiger partial charge in [-0.15, -0.1) is 46.2 Å². The molecule has 0 saturated heterocycles. The van der Waals surface area contributed by atoms with E-state index in [9.17, 15) is 4.79 Å². The van der Waals surface area contributed by atoms with E-state index in [0.29, 0.717) is 0 Å². The van der Waals surface area contributed by atoms with Crippen LogP contribution in [0.4, 0.5) is 4.79 Å². The van der Waals surface area contributed by atoms with Crippen LogP contribution < -0.4 is 10.6 Å². The number of benzene rings is 2. The molecule has 0 spiro atoms. The fraction of sp³-hybridized carbons (Fsp3) is 0.0741. The highest BCUT2D eigenvalue weighted by Crippen LogP contribution is 2.43. The Morgan fingerprint density at radius 1 is 0.676 bits per heavy atom. The fourth-order valence-corrected chi connectivity index (χ4v) is 8.37. The molecule has 4 aromatic rings. The predicted octanol–water partition coefficient (Wildman–Crippen LogP) is 7.80. The molecule has 2 aromatic carbocycles. The zero-order valence-electron chi connectivity index (χ0n) is 18.0. The van der Waals surface area contributed by atoms with Crippen LogP contribution in [0.5, 0.6) is 0 Å². The normalized spacial score (nSPS) is 16.6. The second kappa shape index (κ2) is 9.50. The summed E-state index contributed by atoms with van der Waals surface area (Å²) in [6.45, 7) is 0. The number of hydrogen-bond acceptors (Lipinski definition) is 5. The van der Waals surface area contributed by atoms with Crippen LogP contribution in [0.1, 0.15) is 32.0 Å². The summed E-state index contributed by atoms with van der Waals surface area (Å²) in [6.07, 6.45) is 3.70. The Kier molecular flexibility index (Phi) is 6.09. The van der Waals surface area contributed by atoms with Gasteiger partial charge >= 0.3 is 6.03 Å². The van der Waals surface area contributed by atoms with Gasteiger partial charge in [0.1, 0.15) is 0 Å². The summed E-state index contributed by atoms with van der Waals surface area (Å²) in [5.74, 6) is 1.87. The summed E-state index contributed by atoms with van der Waals surface area (Å²) in [5, 5.41) is 10.2. The molecule has 2 aliphatic heterocycles. The van der Waals surface area contributed by atoms with E-state index in [-0.39, 0.29) is 6.03 Å². The summed E-state index contributed by atoms with van der Waals surface area (Å²) >= 11 is 7.12. The third-order valence-electron chi connectivity index (χ3n) is 5.80. The quantitative estimate of drug-likeness (QED) is 0.286. The summed E-state index contributed by atoms with van der Waals surface area (Å²) < 4.78 is 0. The largest absolute Gasteiger partial charge is 0.322 e. The van der Waals surface area contributed by atoms with Crippen molar-refractivity contribution in [1.29, 1.82) is 0 Å². The van der Waals surface area contributed by atoms with E-state index in [4.69, 9.17) is 0 Å². The molecule has 0 fully saturated rings. The van der Waals surface area contributed by atoms with Crippen LogP contribution in [-0.4, -0.2) is 6.03 Å². The molecular weight excluding hydrogens is 497 g/mol. The number of amides is 2. The maximum atomic E-state index is 12.9. The van der Waals surface area contributed by atoms with Crippen LogP contribution in [0.25, 0.3) is 11.1 Å². The van der Waals surface area contributed by atoms with Gasteiger partial charge in [0.25, 0.3) is 0 Å². The highest BCUT2D eigenvalue weighted by molar-refractivity contribution is 7.98. The van der Waals surface area contributed by atoms with E-state index >= 15 is 0 Å². The SMILES string of the molecule is O=C(N/C=C1\c2ccccc2SCc2ccsc21)N/C=C1\c2ccccc2SCc2ccsc21. The van der Waals surface area contributed by atoms with Gasteiger partial charge < -0.3 is 10.6 Å². The molecule has 7 heteroatoms. The van der Waals surface area contributed by atoms with E-state index in [1.54, 1.807) is 22.7 Å². The van der Waals surface area contributed by atoms with Crippen LogP contribution in [0.3, 0.4) is 0 Å². The Labute approximate surface area is 215 Å². The maximum absolute atomic E-state index is 12.9. The van der Waals surface area contributed by atoms with Gasteiger partial charge in [-0.25, -0.2) is 4.79 Å². The van der Waals surface area contributed by atoms with E-state index in [1.807, 2.05) is 35.9 Å². The summed E-state index contributed by atoms with van der Waals surface area (Å²) in [4.78, 5) is 17.8. The van der Waals surface area contributed by atoms with E-state index in [1.165, 1.54) is 30.7 Å². The highest BCUT2D eigenvalue weighted by Gasteiger charge is 2.21. The number of urea groups is 1.